The van der Waals surface area contributed by atoms with Gasteiger partial charge >= 0.3 is 0 Å². The molecule has 1 fully saturated rings. The highest BCUT2D eigenvalue weighted by atomic mass is 16.5. The van der Waals surface area contributed by atoms with Crippen LogP contribution < -0.4 is 10.1 Å². The van der Waals surface area contributed by atoms with Crippen LogP contribution in [0.3, 0.4) is 0 Å². The van der Waals surface area contributed by atoms with Crippen LogP contribution in [0.25, 0.3) is 0 Å². The van der Waals surface area contributed by atoms with Crippen molar-refractivity contribution < 1.29 is 19.1 Å². The largest absolute Gasteiger partial charge is 0.484 e. The van der Waals surface area contributed by atoms with Gasteiger partial charge in [0.05, 0.1) is 18.8 Å². The van der Waals surface area contributed by atoms with E-state index in [1.807, 2.05) is 36.9 Å². The van der Waals surface area contributed by atoms with Crippen LogP contribution in [0, 0.1) is 0 Å². The molecule has 0 atom stereocenters. The highest BCUT2D eigenvalue weighted by Gasteiger charge is 2.34. The summed E-state index contributed by atoms with van der Waals surface area (Å²) in [5.41, 5.74) is 0.735. The van der Waals surface area contributed by atoms with E-state index in [-0.39, 0.29) is 24.0 Å². The smallest absolute Gasteiger partial charge is 0.262 e. The average molecular weight is 368 g/mol. The van der Waals surface area contributed by atoms with Gasteiger partial charge in [-0.3, -0.25) is 9.59 Å². The Balaban J connectivity index is 1.63. The minimum absolute atomic E-state index is 0.0695. The number of hydrogen-bond donors (Lipinski definition) is 1. The number of anilines is 1. The van der Waals surface area contributed by atoms with Crippen molar-refractivity contribution in [1.82, 2.24) is 4.90 Å². The van der Waals surface area contributed by atoms with Crippen molar-refractivity contribution in [2.75, 3.05) is 31.7 Å². The molecule has 0 radical (unpaired) electrons. The van der Waals surface area contributed by atoms with Gasteiger partial charge in [0.15, 0.2) is 6.61 Å². The van der Waals surface area contributed by atoms with E-state index in [1.165, 1.54) is 0 Å². The third-order valence-corrected chi connectivity index (χ3v) is 4.40. The fraction of sp³-hybridized carbons (Fsp3) is 0.333. The molecule has 0 aromatic heterocycles. The normalized spacial score (nSPS) is 15.9. The van der Waals surface area contributed by atoms with E-state index in [2.05, 4.69) is 5.32 Å². The van der Waals surface area contributed by atoms with Crippen LogP contribution in [0.2, 0.25) is 0 Å². The van der Waals surface area contributed by atoms with Gasteiger partial charge in [-0.15, -0.1) is 0 Å². The number of amides is 2. The molecule has 0 saturated carbocycles. The molecule has 3 rings (SSSR count). The number of carbonyl (C=O) groups excluding carboxylic acids is 2. The Morgan fingerprint density at radius 3 is 2.67 bits per heavy atom. The van der Waals surface area contributed by atoms with Gasteiger partial charge in [0.1, 0.15) is 5.75 Å². The van der Waals surface area contributed by atoms with E-state index in [1.54, 1.807) is 36.4 Å². The minimum atomic E-state index is -0.363. The quantitative estimate of drug-likeness (QED) is 0.881. The standard InChI is InChI=1S/C21H24N2O4/c1-21(2)15-26-12-11-23(21)20(25)16-7-6-8-17(13-16)22-19(24)14-27-18-9-4-3-5-10-18/h3-10,13H,11-12,14-15H2,1-2H3,(H,22,24). The van der Waals surface area contributed by atoms with Crippen molar-refractivity contribution in [2.24, 2.45) is 0 Å². The Morgan fingerprint density at radius 1 is 1.15 bits per heavy atom. The van der Waals surface area contributed by atoms with E-state index < -0.39 is 0 Å². The van der Waals surface area contributed by atoms with Gasteiger partial charge in [0.25, 0.3) is 11.8 Å². The van der Waals surface area contributed by atoms with Gasteiger partial charge in [-0.1, -0.05) is 24.3 Å². The molecule has 1 aliphatic heterocycles. The van der Waals surface area contributed by atoms with E-state index in [9.17, 15) is 9.59 Å². The summed E-state index contributed by atoms with van der Waals surface area (Å²) in [7, 11) is 0. The number of rotatable bonds is 5. The number of nitrogens with zero attached hydrogens (tertiary/aromatic N) is 1. The van der Waals surface area contributed by atoms with E-state index in [4.69, 9.17) is 9.47 Å². The van der Waals surface area contributed by atoms with Crippen LogP contribution in [0.15, 0.2) is 54.6 Å². The Hall–Kier alpha value is -2.86. The first kappa shape index (κ1) is 18.9. The maximum Gasteiger partial charge on any atom is 0.262 e. The number of para-hydroxylation sites is 1. The van der Waals surface area contributed by atoms with Crippen LogP contribution in [0.4, 0.5) is 5.69 Å². The van der Waals surface area contributed by atoms with E-state index in [0.717, 1.165) is 0 Å². The Bertz CT molecular complexity index is 805. The van der Waals surface area contributed by atoms with Crippen molar-refractivity contribution in [3.63, 3.8) is 0 Å². The van der Waals surface area contributed by atoms with Gasteiger partial charge in [0, 0.05) is 17.8 Å². The molecule has 6 heteroatoms. The molecule has 1 aliphatic rings. The van der Waals surface area contributed by atoms with Gasteiger partial charge in [-0.25, -0.2) is 0 Å². The fourth-order valence-corrected chi connectivity index (χ4v) is 2.98. The van der Waals surface area contributed by atoms with Gasteiger partial charge in [-0.05, 0) is 44.2 Å². The summed E-state index contributed by atoms with van der Waals surface area (Å²) in [5, 5.41) is 2.77. The van der Waals surface area contributed by atoms with Crippen LogP contribution in [-0.2, 0) is 9.53 Å². The fourth-order valence-electron chi connectivity index (χ4n) is 2.98. The minimum Gasteiger partial charge on any atom is -0.484 e. The molecule has 2 aromatic rings. The summed E-state index contributed by atoms with van der Waals surface area (Å²) in [6.45, 7) is 5.45. The molecular weight excluding hydrogens is 344 g/mol. The summed E-state index contributed by atoms with van der Waals surface area (Å²) in [6, 6.07) is 16.1. The lowest BCUT2D eigenvalue weighted by molar-refractivity contribution is -0.118. The molecule has 1 N–H and O–H groups in total. The third kappa shape index (κ3) is 4.86. The topological polar surface area (TPSA) is 67.9 Å². The van der Waals surface area contributed by atoms with Crippen molar-refractivity contribution in [1.29, 1.82) is 0 Å². The van der Waals surface area contributed by atoms with Crippen LogP contribution in [-0.4, -0.2) is 48.6 Å². The van der Waals surface area contributed by atoms with Crippen LogP contribution >= 0.6 is 0 Å². The molecule has 2 amide bonds. The zero-order valence-corrected chi connectivity index (χ0v) is 15.6. The first-order valence-electron chi connectivity index (χ1n) is 8.93. The predicted molar refractivity (Wildman–Crippen MR) is 103 cm³/mol. The number of morpholine rings is 1. The second-order valence-electron chi connectivity index (χ2n) is 7.05. The zero-order valence-electron chi connectivity index (χ0n) is 15.6. The monoisotopic (exact) mass is 368 g/mol. The molecule has 2 aromatic carbocycles. The highest BCUT2D eigenvalue weighted by molar-refractivity contribution is 5.97. The Labute approximate surface area is 159 Å². The molecule has 1 heterocycles. The second kappa shape index (κ2) is 8.22. The number of benzene rings is 2. The molecule has 0 bridgehead atoms. The Morgan fingerprint density at radius 2 is 1.93 bits per heavy atom. The Kier molecular flexibility index (Phi) is 5.76. The SMILES string of the molecule is CC1(C)COCCN1C(=O)c1cccc(NC(=O)COc2ccccc2)c1. The lowest BCUT2D eigenvalue weighted by Crippen LogP contribution is -2.55. The number of ether oxygens (including phenoxy) is 2. The molecule has 0 aliphatic carbocycles. The number of hydrogen-bond acceptors (Lipinski definition) is 4. The maximum absolute atomic E-state index is 12.9. The molecule has 0 spiro atoms. The van der Waals surface area contributed by atoms with Crippen molar-refractivity contribution in [2.45, 2.75) is 19.4 Å². The molecule has 6 nitrogen and oxygen atoms in total. The molecular formula is C21H24N2O4. The lowest BCUT2D eigenvalue weighted by atomic mass is 10.0. The van der Waals surface area contributed by atoms with Gasteiger partial charge in [0.2, 0.25) is 0 Å². The van der Waals surface area contributed by atoms with Crippen molar-refractivity contribution in [3.05, 3.63) is 60.2 Å². The summed E-state index contributed by atoms with van der Waals surface area (Å²) >= 11 is 0. The van der Waals surface area contributed by atoms with Gasteiger partial charge in [-0.2, -0.15) is 0 Å². The van der Waals surface area contributed by atoms with E-state index >= 15 is 0 Å². The second-order valence-corrected chi connectivity index (χ2v) is 7.05. The maximum atomic E-state index is 12.9. The van der Waals surface area contributed by atoms with Gasteiger partial charge < -0.3 is 19.7 Å². The van der Waals surface area contributed by atoms with Crippen molar-refractivity contribution in [3.8, 4) is 5.75 Å². The number of carbonyl (C=O) groups is 2. The molecule has 0 unspecified atom stereocenters. The average Bonchev–Trinajstić information content (AvgIpc) is 2.66. The summed E-state index contributed by atoms with van der Waals surface area (Å²) < 4.78 is 10.9. The van der Waals surface area contributed by atoms with Crippen LogP contribution in [0.5, 0.6) is 5.75 Å². The first-order chi connectivity index (χ1) is 13.0. The highest BCUT2D eigenvalue weighted by Crippen LogP contribution is 2.23. The summed E-state index contributed by atoms with van der Waals surface area (Å²) in [6.07, 6.45) is 0. The molecule has 1 saturated heterocycles. The summed E-state index contributed by atoms with van der Waals surface area (Å²) in [4.78, 5) is 26.8. The third-order valence-electron chi connectivity index (χ3n) is 4.40. The number of nitrogens with one attached hydrogen (secondary N) is 1. The van der Waals surface area contributed by atoms with Crippen LogP contribution in [0.1, 0.15) is 24.2 Å². The lowest BCUT2D eigenvalue weighted by Gasteiger charge is -2.42. The summed E-state index contributed by atoms with van der Waals surface area (Å²) in [5.74, 6) is 0.279. The molecule has 142 valence electrons. The van der Waals surface area contributed by atoms with Crippen molar-refractivity contribution >= 4 is 17.5 Å². The first-order valence-corrected chi connectivity index (χ1v) is 8.93. The van der Waals surface area contributed by atoms with E-state index in [0.29, 0.717) is 36.8 Å². The zero-order chi connectivity index (χ0) is 19.3. The predicted octanol–water partition coefficient (Wildman–Crippen LogP) is 2.96. The molecule has 27 heavy (non-hydrogen) atoms.